The monoisotopic (exact) mass is 235 g/mol. The van der Waals surface area contributed by atoms with Crippen LogP contribution in [0.15, 0.2) is 18.2 Å². The van der Waals surface area contributed by atoms with Crippen LogP contribution in [0.25, 0.3) is 0 Å². The van der Waals surface area contributed by atoms with Crippen LogP contribution in [-0.4, -0.2) is 26.4 Å². The van der Waals surface area contributed by atoms with Gasteiger partial charge in [0.25, 0.3) is 0 Å². The van der Waals surface area contributed by atoms with Gasteiger partial charge in [-0.1, -0.05) is 6.07 Å². The van der Waals surface area contributed by atoms with Gasteiger partial charge >= 0.3 is 0 Å². The van der Waals surface area contributed by atoms with Crippen molar-refractivity contribution in [2.75, 3.05) is 20.3 Å². The van der Waals surface area contributed by atoms with Crippen LogP contribution in [0, 0.1) is 6.92 Å². The fraction of sp³-hybridized carbons (Fsp3) is 0.571. The number of nitrogens with one attached hydrogen (secondary N) is 1. The van der Waals surface area contributed by atoms with Crippen molar-refractivity contribution < 1.29 is 9.47 Å². The van der Waals surface area contributed by atoms with Crippen molar-refractivity contribution in [1.29, 1.82) is 0 Å². The predicted molar refractivity (Wildman–Crippen MR) is 68.4 cm³/mol. The Balaban J connectivity index is 1.90. The first-order valence-electron chi connectivity index (χ1n) is 6.24. The summed E-state index contributed by atoms with van der Waals surface area (Å²) in [7, 11) is 1.68. The van der Waals surface area contributed by atoms with E-state index in [1.54, 1.807) is 7.11 Å². The summed E-state index contributed by atoms with van der Waals surface area (Å²) in [6.07, 6.45) is 2.64. The van der Waals surface area contributed by atoms with Gasteiger partial charge in [-0.05, 0) is 43.0 Å². The van der Waals surface area contributed by atoms with Crippen LogP contribution in [0.1, 0.15) is 24.0 Å². The summed E-state index contributed by atoms with van der Waals surface area (Å²) in [6, 6.07) is 7.00. The van der Waals surface area contributed by atoms with Crippen LogP contribution in [0.2, 0.25) is 0 Å². The summed E-state index contributed by atoms with van der Waals surface area (Å²) in [5.41, 5.74) is 2.64. The molecule has 0 atom stereocenters. The Morgan fingerprint density at radius 1 is 1.29 bits per heavy atom. The van der Waals surface area contributed by atoms with E-state index in [2.05, 4.69) is 24.4 Å². The maximum absolute atomic E-state index is 5.61. The van der Waals surface area contributed by atoms with Gasteiger partial charge in [0, 0.05) is 19.7 Å². The van der Waals surface area contributed by atoms with Gasteiger partial charge in [-0.2, -0.15) is 0 Å². The molecule has 2 rings (SSSR count). The third-order valence-electron chi connectivity index (χ3n) is 3.04. The lowest BCUT2D eigenvalue weighted by Gasteiger charge is -2.11. The van der Waals surface area contributed by atoms with E-state index in [0.29, 0.717) is 13.2 Å². The minimum atomic E-state index is 0.606. The molecular formula is C14H21NO2. The van der Waals surface area contributed by atoms with Gasteiger partial charge in [-0.25, -0.2) is 0 Å². The van der Waals surface area contributed by atoms with Crippen molar-refractivity contribution in [2.24, 2.45) is 0 Å². The molecule has 0 amide bonds. The number of hydrogen-bond donors (Lipinski definition) is 1. The molecule has 3 nitrogen and oxygen atoms in total. The zero-order valence-corrected chi connectivity index (χ0v) is 10.7. The van der Waals surface area contributed by atoms with E-state index in [-0.39, 0.29) is 0 Å². The number of methoxy groups -OCH3 is 1. The van der Waals surface area contributed by atoms with Gasteiger partial charge in [-0.3, -0.25) is 0 Å². The van der Waals surface area contributed by atoms with Gasteiger partial charge < -0.3 is 14.8 Å². The topological polar surface area (TPSA) is 30.5 Å². The maximum atomic E-state index is 5.61. The Bertz CT molecular complexity index is 361. The van der Waals surface area contributed by atoms with Crippen LogP contribution >= 0.6 is 0 Å². The summed E-state index contributed by atoms with van der Waals surface area (Å²) in [5, 5.41) is 3.53. The predicted octanol–water partition coefficient (Wildman–Crippen LogP) is 2.27. The highest BCUT2D eigenvalue weighted by Gasteiger charge is 2.20. The zero-order chi connectivity index (χ0) is 12.1. The highest BCUT2D eigenvalue weighted by Crippen LogP contribution is 2.21. The summed E-state index contributed by atoms with van der Waals surface area (Å²) in [4.78, 5) is 0. The van der Waals surface area contributed by atoms with E-state index in [4.69, 9.17) is 9.47 Å². The van der Waals surface area contributed by atoms with Crippen molar-refractivity contribution >= 4 is 0 Å². The van der Waals surface area contributed by atoms with Crippen LogP contribution in [-0.2, 0) is 11.3 Å². The normalized spacial score (nSPS) is 14.9. The summed E-state index contributed by atoms with van der Waals surface area (Å²) in [5.74, 6) is 0.931. The van der Waals surface area contributed by atoms with Gasteiger partial charge in [0.2, 0.25) is 0 Å². The van der Waals surface area contributed by atoms with Crippen LogP contribution in [0.3, 0.4) is 0 Å². The molecule has 0 saturated heterocycles. The molecule has 1 aromatic rings. The van der Waals surface area contributed by atoms with E-state index in [9.17, 15) is 0 Å². The molecule has 94 valence electrons. The summed E-state index contributed by atoms with van der Waals surface area (Å²) < 4.78 is 10.6. The van der Waals surface area contributed by atoms with Gasteiger partial charge in [0.05, 0.1) is 6.61 Å². The molecular weight excluding hydrogens is 214 g/mol. The van der Waals surface area contributed by atoms with Crippen LogP contribution < -0.4 is 10.1 Å². The SMILES string of the molecule is COCCOc1ccc(C)c(CNC2CC2)c1. The van der Waals surface area contributed by atoms with Gasteiger partial charge in [0.1, 0.15) is 12.4 Å². The lowest BCUT2D eigenvalue weighted by Crippen LogP contribution is -2.16. The average molecular weight is 235 g/mol. The highest BCUT2D eigenvalue weighted by atomic mass is 16.5. The first kappa shape index (κ1) is 12.4. The number of hydrogen-bond acceptors (Lipinski definition) is 3. The standard InChI is InChI=1S/C14H21NO2/c1-11-3-6-14(17-8-7-16-2)9-12(11)10-15-13-4-5-13/h3,6,9,13,15H,4-5,7-8,10H2,1-2H3. The second-order valence-electron chi connectivity index (χ2n) is 4.58. The lowest BCUT2D eigenvalue weighted by molar-refractivity contribution is 0.146. The molecule has 0 radical (unpaired) electrons. The average Bonchev–Trinajstić information content (AvgIpc) is 3.14. The minimum absolute atomic E-state index is 0.606. The molecule has 0 aliphatic heterocycles. The summed E-state index contributed by atoms with van der Waals surface area (Å²) >= 11 is 0. The van der Waals surface area contributed by atoms with Crippen molar-refractivity contribution in [1.82, 2.24) is 5.32 Å². The number of aryl methyl sites for hydroxylation is 1. The highest BCUT2D eigenvalue weighted by molar-refractivity contribution is 5.35. The minimum Gasteiger partial charge on any atom is -0.491 e. The lowest BCUT2D eigenvalue weighted by atomic mass is 10.1. The molecule has 0 unspecified atom stereocenters. The van der Waals surface area contributed by atoms with E-state index >= 15 is 0 Å². The molecule has 1 N–H and O–H groups in total. The molecule has 0 bridgehead atoms. The molecule has 1 saturated carbocycles. The maximum Gasteiger partial charge on any atom is 0.119 e. The Hall–Kier alpha value is -1.06. The molecule has 17 heavy (non-hydrogen) atoms. The quantitative estimate of drug-likeness (QED) is 0.735. The van der Waals surface area contributed by atoms with Gasteiger partial charge in [0.15, 0.2) is 0 Å². The first-order valence-corrected chi connectivity index (χ1v) is 6.24. The largest absolute Gasteiger partial charge is 0.491 e. The number of ether oxygens (including phenoxy) is 2. The summed E-state index contributed by atoms with van der Waals surface area (Å²) in [6.45, 7) is 4.32. The van der Waals surface area contributed by atoms with E-state index < -0.39 is 0 Å². The number of rotatable bonds is 7. The molecule has 1 aromatic carbocycles. The van der Waals surface area contributed by atoms with Crippen molar-refractivity contribution in [3.63, 3.8) is 0 Å². The van der Waals surface area contributed by atoms with Crippen molar-refractivity contribution in [3.8, 4) is 5.75 Å². The van der Waals surface area contributed by atoms with Gasteiger partial charge in [-0.15, -0.1) is 0 Å². The zero-order valence-electron chi connectivity index (χ0n) is 10.7. The first-order chi connectivity index (χ1) is 8.29. The second kappa shape index (κ2) is 6.03. The van der Waals surface area contributed by atoms with E-state index in [0.717, 1.165) is 18.3 Å². The van der Waals surface area contributed by atoms with Crippen molar-refractivity contribution in [2.45, 2.75) is 32.4 Å². The molecule has 0 spiro atoms. The Kier molecular flexibility index (Phi) is 4.40. The smallest absolute Gasteiger partial charge is 0.119 e. The fourth-order valence-corrected chi connectivity index (χ4v) is 1.71. The molecule has 0 aromatic heterocycles. The Morgan fingerprint density at radius 2 is 2.12 bits per heavy atom. The third kappa shape index (κ3) is 4.02. The molecule has 3 heteroatoms. The second-order valence-corrected chi connectivity index (χ2v) is 4.58. The fourth-order valence-electron chi connectivity index (χ4n) is 1.71. The molecule has 1 fully saturated rings. The third-order valence-corrected chi connectivity index (χ3v) is 3.04. The van der Waals surface area contributed by atoms with Crippen LogP contribution in [0.4, 0.5) is 0 Å². The molecule has 1 aliphatic carbocycles. The van der Waals surface area contributed by atoms with Crippen LogP contribution in [0.5, 0.6) is 5.75 Å². The van der Waals surface area contributed by atoms with E-state index in [1.807, 2.05) is 6.07 Å². The molecule has 1 aliphatic rings. The molecule has 0 heterocycles. The van der Waals surface area contributed by atoms with Crippen molar-refractivity contribution in [3.05, 3.63) is 29.3 Å². The van der Waals surface area contributed by atoms with E-state index in [1.165, 1.54) is 24.0 Å². The Labute approximate surface area is 103 Å². The Morgan fingerprint density at radius 3 is 2.82 bits per heavy atom. The number of benzene rings is 1.